The number of rotatable bonds is 1. The number of hydrogen-bond acceptors (Lipinski definition) is 2. The molecule has 0 spiro atoms. The number of ketones is 1. The Labute approximate surface area is 109 Å². The van der Waals surface area contributed by atoms with E-state index in [4.69, 9.17) is 0 Å². The number of fused-ring (bicyclic) bond motifs is 1. The highest BCUT2D eigenvalue weighted by atomic mass is 19.1. The molecule has 0 fully saturated rings. The summed E-state index contributed by atoms with van der Waals surface area (Å²) >= 11 is 0. The maximum atomic E-state index is 12.9. The lowest BCUT2D eigenvalue weighted by Gasteiger charge is -2.01. The fourth-order valence-corrected chi connectivity index (χ4v) is 2.30. The van der Waals surface area contributed by atoms with Crippen molar-refractivity contribution in [1.29, 1.82) is 0 Å². The molecule has 1 aliphatic rings. The van der Waals surface area contributed by atoms with E-state index in [9.17, 15) is 14.4 Å². The number of Topliss-reactive ketones (excluding diaryl/α,β-unsaturated/α-hetero) is 1. The molecule has 19 heavy (non-hydrogen) atoms. The lowest BCUT2D eigenvalue weighted by molar-refractivity contribution is -0.355. The average molecular weight is 255 g/mol. The summed E-state index contributed by atoms with van der Waals surface area (Å²) in [6.45, 7) is 1.79. The van der Waals surface area contributed by atoms with Crippen molar-refractivity contribution in [1.82, 2.24) is 0 Å². The van der Waals surface area contributed by atoms with E-state index in [1.54, 1.807) is 25.1 Å². The Morgan fingerprint density at radius 1 is 1.11 bits per heavy atom. The second-order valence-corrected chi connectivity index (χ2v) is 4.45. The Balaban J connectivity index is 2.20. The minimum Gasteiger partial charge on any atom is -0.618 e. The predicted molar refractivity (Wildman–Crippen MR) is 69.3 cm³/mol. The van der Waals surface area contributed by atoms with Crippen molar-refractivity contribution in [3.05, 3.63) is 70.2 Å². The molecule has 1 aliphatic heterocycles. The lowest BCUT2D eigenvalue weighted by atomic mass is 9.99. The van der Waals surface area contributed by atoms with Crippen LogP contribution < -0.4 is 0 Å². The standard InChI is InChI=1S/C15H10FNO2/c1-9-3-2-4-12-13(9)15(18)14(17(12)19)10-5-7-11(16)8-6-10/h2-8H,1H3. The van der Waals surface area contributed by atoms with Crippen LogP contribution in [0.5, 0.6) is 0 Å². The molecule has 2 aromatic carbocycles. The fraction of sp³-hybridized carbons (Fsp3) is 0.0667. The Kier molecular flexibility index (Phi) is 2.45. The van der Waals surface area contributed by atoms with Crippen molar-refractivity contribution >= 4 is 17.2 Å². The van der Waals surface area contributed by atoms with Gasteiger partial charge in [0.05, 0.1) is 5.56 Å². The maximum Gasteiger partial charge on any atom is 0.272 e. The van der Waals surface area contributed by atoms with Gasteiger partial charge in [-0.15, -0.1) is 0 Å². The van der Waals surface area contributed by atoms with E-state index in [0.717, 1.165) is 5.56 Å². The Morgan fingerprint density at radius 2 is 1.79 bits per heavy atom. The zero-order chi connectivity index (χ0) is 13.6. The van der Waals surface area contributed by atoms with Gasteiger partial charge in [-0.25, -0.2) is 4.39 Å². The minimum atomic E-state index is -0.402. The molecule has 4 heteroatoms. The van der Waals surface area contributed by atoms with E-state index in [-0.39, 0.29) is 11.5 Å². The van der Waals surface area contributed by atoms with Gasteiger partial charge >= 0.3 is 0 Å². The first-order chi connectivity index (χ1) is 9.09. The monoisotopic (exact) mass is 255 g/mol. The minimum absolute atomic E-state index is 0.0456. The third kappa shape index (κ3) is 1.64. The molecular formula is C15H10FNO2. The number of hydrogen-bond donors (Lipinski definition) is 0. The van der Waals surface area contributed by atoms with Crippen molar-refractivity contribution in [2.24, 2.45) is 0 Å². The molecule has 0 atom stereocenters. The van der Waals surface area contributed by atoms with Gasteiger partial charge in [-0.05, 0) is 36.8 Å². The van der Waals surface area contributed by atoms with Gasteiger partial charge in [0.25, 0.3) is 11.5 Å². The van der Waals surface area contributed by atoms with Crippen molar-refractivity contribution in [3.63, 3.8) is 0 Å². The Morgan fingerprint density at radius 3 is 2.42 bits per heavy atom. The number of carbonyl (C=O) groups excluding carboxylic acids is 1. The van der Waals surface area contributed by atoms with E-state index in [2.05, 4.69) is 0 Å². The molecular weight excluding hydrogens is 245 g/mol. The molecule has 3 rings (SSSR count). The largest absolute Gasteiger partial charge is 0.618 e. The molecule has 0 bridgehead atoms. The summed E-state index contributed by atoms with van der Waals surface area (Å²) < 4.78 is 13.5. The first-order valence-electron chi connectivity index (χ1n) is 5.84. The summed E-state index contributed by atoms with van der Waals surface area (Å²) in [5.74, 6) is -0.712. The van der Waals surface area contributed by atoms with E-state index < -0.39 is 5.82 Å². The molecule has 94 valence electrons. The van der Waals surface area contributed by atoms with Crippen LogP contribution in [-0.4, -0.2) is 16.2 Å². The van der Waals surface area contributed by atoms with Gasteiger partial charge in [0.1, 0.15) is 11.4 Å². The van der Waals surface area contributed by atoms with Crippen molar-refractivity contribution in [2.45, 2.75) is 6.92 Å². The molecule has 0 aromatic heterocycles. The van der Waals surface area contributed by atoms with Crippen LogP contribution in [0.1, 0.15) is 21.5 Å². The SMILES string of the molecule is Cc1cccc2c1C(=O)C(c1ccc(F)cc1)=[N+]2[O-]. The third-order valence-electron chi connectivity index (χ3n) is 3.23. The molecule has 0 saturated carbocycles. The number of aryl methyl sites for hydroxylation is 1. The predicted octanol–water partition coefficient (Wildman–Crippen LogP) is 2.96. The van der Waals surface area contributed by atoms with Gasteiger partial charge in [0.2, 0.25) is 5.69 Å². The molecule has 2 aromatic rings. The summed E-state index contributed by atoms with van der Waals surface area (Å²) in [6.07, 6.45) is 0. The summed E-state index contributed by atoms with van der Waals surface area (Å²) in [5, 5.41) is 12.2. The quantitative estimate of drug-likeness (QED) is 0.580. The van der Waals surface area contributed by atoms with Crippen LogP contribution in [-0.2, 0) is 0 Å². The second-order valence-electron chi connectivity index (χ2n) is 4.45. The van der Waals surface area contributed by atoms with Crippen molar-refractivity contribution in [3.8, 4) is 0 Å². The first kappa shape index (κ1) is 11.6. The summed E-state index contributed by atoms with van der Waals surface area (Å²) in [7, 11) is 0. The highest BCUT2D eigenvalue weighted by molar-refractivity contribution is 6.52. The highest BCUT2D eigenvalue weighted by Crippen LogP contribution is 2.30. The smallest absolute Gasteiger partial charge is 0.272 e. The molecule has 0 aliphatic carbocycles. The molecule has 0 unspecified atom stereocenters. The molecule has 3 nitrogen and oxygen atoms in total. The molecule has 0 N–H and O–H groups in total. The third-order valence-corrected chi connectivity index (χ3v) is 3.23. The zero-order valence-electron chi connectivity index (χ0n) is 10.2. The van der Waals surface area contributed by atoms with Crippen LogP contribution in [0.15, 0.2) is 42.5 Å². The number of benzene rings is 2. The van der Waals surface area contributed by atoms with Crippen LogP contribution >= 0.6 is 0 Å². The van der Waals surface area contributed by atoms with Crippen LogP contribution in [0, 0.1) is 17.9 Å². The van der Waals surface area contributed by atoms with Gasteiger partial charge in [-0.3, -0.25) is 4.79 Å². The zero-order valence-corrected chi connectivity index (χ0v) is 10.2. The Hall–Kier alpha value is -2.49. The average Bonchev–Trinajstić information content (AvgIpc) is 2.65. The van der Waals surface area contributed by atoms with E-state index >= 15 is 0 Å². The molecule has 0 radical (unpaired) electrons. The maximum absolute atomic E-state index is 12.9. The summed E-state index contributed by atoms with van der Waals surface area (Å²) in [6, 6.07) is 10.5. The van der Waals surface area contributed by atoms with E-state index in [0.29, 0.717) is 21.6 Å². The molecule has 0 saturated heterocycles. The highest BCUT2D eigenvalue weighted by Gasteiger charge is 2.37. The van der Waals surface area contributed by atoms with Gasteiger partial charge < -0.3 is 5.21 Å². The lowest BCUT2D eigenvalue weighted by Crippen LogP contribution is -2.16. The summed E-state index contributed by atoms with van der Waals surface area (Å²) in [5.41, 5.74) is 2.02. The Bertz CT molecular complexity index is 717. The second kappa shape index (κ2) is 4.02. The van der Waals surface area contributed by atoms with Crippen LogP contribution in [0.2, 0.25) is 0 Å². The van der Waals surface area contributed by atoms with Crippen LogP contribution in [0.3, 0.4) is 0 Å². The fourth-order valence-electron chi connectivity index (χ4n) is 2.30. The van der Waals surface area contributed by atoms with Gasteiger partial charge in [0.15, 0.2) is 0 Å². The van der Waals surface area contributed by atoms with Gasteiger partial charge in [0, 0.05) is 6.07 Å². The molecule has 0 amide bonds. The number of carbonyl (C=O) groups is 1. The van der Waals surface area contributed by atoms with Crippen molar-refractivity contribution < 1.29 is 13.9 Å². The van der Waals surface area contributed by atoms with Crippen LogP contribution in [0.4, 0.5) is 10.1 Å². The topological polar surface area (TPSA) is 43.1 Å². The van der Waals surface area contributed by atoms with E-state index in [1.165, 1.54) is 24.3 Å². The van der Waals surface area contributed by atoms with Gasteiger partial charge in [-0.1, -0.05) is 12.1 Å². The normalized spacial score (nSPS) is 13.9. The van der Waals surface area contributed by atoms with E-state index in [1.807, 2.05) is 0 Å². The molecule has 1 heterocycles. The number of nitrogens with zero attached hydrogens (tertiary/aromatic N) is 1. The van der Waals surface area contributed by atoms with Crippen molar-refractivity contribution in [2.75, 3.05) is 0 Å². The number of halogens is 1. The van der Waals surface area contributed by atoms with Crippen LogP contribution in [0.25, 0.3) is 0 Å². The van der Waals surface area contributed by atoms with Gasteiger partial charge in [-0.2, -0.15) is 4.74 Å². The first-order valence-corrected chi connectivity index (χ1v) is 5.84. The summed E-state index contributed by atoms with van der Waals surface area (Å²) in [4.78, 5) is 12.3.